The molecule has 1 N–H and O–H groups in total. The van der Waals surface area contributed by atoms with E-state index in [0.717, 1.165) is 25.9 Å². The van der Waals surface area contributed by atoms with E-state index in [4.69, 9.17) is 4.84 Å². The molecule has 0 spiro atoms. The fraction of sp³-hybridized carbons (Fsp3) is 0.750. The van der Waals surface area contributed by atoms with Crippen molar-refractivity contribution >= 4 is 17.9 Å². The number of hydrogen-bond donors (Lipinski definition) is 1. The van der Waals surface area contributed by atoms with Gasteiger partial charge in [0.25, 0.3) is 11.8 Å². The van der Waals surface area contributed by atoms with E-state index in [2.05, 4.69) is 10.2 Å². The molecule has 2 aliphatic heterocycles. The fourth-order valence-electron chi connectivity index (χ4n) is 2.44. The third kappa shape index (κ3) is 3.66. The molecule has 3 amide bonds. The molecule has 1 unspecified atom stereocenters. The Hall–Kier alpha value is -1.63. The van der Waals surface area contributed by atoms with Crippen molar-refractivity contribution in [3.8, 4) is 0 Å². The van der Waals surface area contributed by atoms with Gasteiger partial charge >= 0.3 is 6.09 Å². The molecular formula is C12H19N3O4. The van der Waals surface area contributed by atoms with Crippen molar-refractivity contribution in [1.82, 2.24) is 15.3 Å². The van der Waals surface area contributed by atoms with Gasteiger partial charge < -0.3 is 15.1 Å². The van der Waals surface area contributed by atoms with Crippen molar-refractivity contribution < 1.29 is 19.2 Å². The van der Waals surface area contributed by atoms with Crippen LogP contribution < -0.4 is 5.32 Å². The zero-order valence-corrected chi connectivity index (χ0v) is 11.1. The average molecular weight is 269 g/mol. The van der Waals surface area contributed by atoms with Crippen LogP contribution in [0.4, 0.5) is 4.79 Å². The molecule has 0 aromatic carbocycles. The molecule has 1 atom stereocenters. The molecule has 2 saturated heterocycles. The van der Waals surface area contributed by atoms with Crippen LogP contribution in [0.3, 0.4) is 0 Å². The number of hydroxylamine groups is 2. The first-order valence-corrected chi connectivity index (χ1v) is 6.56. The van der Waals surface area contributed by atoms with Gasteiger partial charge in [-0.15, -0.1) is 5.06 Å². The van der Waals surface area contributed by atoms with Crippen LogP contribution in [0.15, 0.2) is 0 Å². The highest BCUT2D eigenvalue weighted by Gasteiger charge is 2.33. The average Bonchev–Trinajstić information content (AvgIpc) is 2.68. The number of hydrogen-bond acceptors (Lipinski definition) is 5. The van der Waals surface area contributed by atoms with Gasteiger partial charge in [-0.2, -0.15) is 0 Å². The van der Waals surface area contributed by atoms with E-state index in [1.165, 1.54) is 0 Å². The second kappa shape index (κ2) is 6.01. The van der Waals surface area contributed by atoms with E-state index in [0.29, 0.717) is 17.5 Å². The van der Waals surface area contributed by atoms with Crippen molar-refractivity contribution in [2.45, 2.75) is 25.7 Å². The largest absolute Gasteiger partial charge is 0.432 e. The number of rotatable bonds is 3. The van der Waals surface area contributed by atoms with Gasteiger partial charge in [-0.3, -0.25) is 9.59 Å². The second-order valence-electron chi connectivity index (χ2n) is 5.11. The number of nitrogens with zero attached hydrogens (tertiary/aromatic N) is 2. The van der Waals surface area contributed by atoms with E-state index in [-0.39, 0.29) is 12.8 Å². The quantitative estimate of drug-likeness (QED) is 0.736. The predicted molar refractivity (Wildman–Crippen MR) is 65.8 cm³/mol. The van der Waals surface area contributed by atoms with Gasteiger partial charge in [0.2, 0.25) is 0 Å². The Balaban J connectivity index is 1.72. The second-order valence-corrected chi connectivity index (χ2v) is 5.11. The fourth-order valence-corrected chi connectivity index (χ4v) is 2.44. The summed E-state index contributed by atoms with van der Waals surface area (Å²) in [6.07, 6.45) is 1.66. The number of nitrogens with one attached hydrogen (secondary N) is 1. The summed E-state index contributed by atoms with van der Waals surface area (Å²) in [7, 11) is 2.05. The predicted octanol–water partition coefficient (Wildman–Crippen LogP) is 0.118. The molecule has 0 aromatic rings. The maximum absolute atomic E-state index is 11.5. The molecule has 2 aliphatic rings. The van der Waals surface area contributed by atoms with Crippen LogP contribution in [-0.2, 0) is 14.4 Å². The lowest BCUT2D eigenvalue weighted by Crippen LogP contribution is -2.42. The molecular weight excluding hydrogens is 250 g/mol. The van der Waals surface area contributed by atoms with E-state index < -0.39 is 17.9 Å². The van der Waals surface area contributed by atoms with E-state index >= 15 is 0 Å². The van der Waals surface area contributed by atoms with Crippen LogP contribution in [0.5, 0.6) is 0 Å². The summed E-state index contributed by atoms with van der Waals surface area (Å²) in [5.41, 5.74) is 0. The SMILES string of the molecule is CN1CCCC(CNC(=O)ON2C(=O)CCC2=O)C1. The van der Waals surface area contributed by atoms with Crippen molar-refractivity contribution in [2.24, 2.45) is 5.92 Å². The first-order valence-electron chi connectivity index (χ1n) is 6.56. The number of amides is 3. The lowest BCUT2D eigenvalue weighted by Gasteiger charge is -2.29. The Labute approximate surface area is 111 Å². The summed E-state index contributed by atoms with van der Waals surface area (Å²) >= 11 is 0. The molecule has 0 aliphatic carbocycles. The molecule has 7 nitrogen and oxygen atoms in total. The minimum absolute atomic E-state index is 0.111. The lowest BCUT2D eigenvalue weighted by molar-refractivity contribution is -0.171. The third-order valence-electron chi connectivity index (χ3n) is 3.44. The Morgan fingerprint density at radius 1 is 1.37 bits per heavy atom. The van der Waals surface area contributed by atoms with Gasteiger partial charge in [0.15, 0.2) is 0 Å². The van der Waals surface area contributed by atoms with Gasteiger partial charge in [-0.05, 0) is 32.4 Å². The molecule has 0 aromatic heterocycles. The van der Waals surface area contributed by atoms with Gasteiger partial charge in [-0.1, -0.05) is 0 Å². The van der Waals surface area contributed by atoms with Crippen molar-refractivity contribution in [3.05, 3.63) is 0 Å². The van der Waals surface area contributed by atoms with Crippen molar-refractivity contribution in [2.75, 3.05) is 26.7 Å². The molecule has 2 fully saturated rings. The Morgan fingerprint density at radius 2 is 2.05 bits per heavy atom. The van der Waals surface area contributed by atoms with E-state index in [1.807, 2.05) is 7.05 Å². The molecule has 0 saturated carbocycles. The number of imide groups is 1. The van der Waals surface area contributed by atoms with Crippen LogP contribution in [0.1, 0.15) is 25.7 Å². The molecule has 0 bridgehead atoms. The summed E-state index contributed by atoms with van der Waals surface area (Å²) in [6.45, 7) is 2.51. The molecule has 0 radical (unpaired) electrons. The topological polar surface area (TPSA) is 79.0 Å². The zero-order valence-electron chi connectivity index (χ0n) is 11.1. The number of carbonyl (C=O) groups excluding carboxylic acids is 3. The van der Waals surface area contributed by atoms with Gasteiger partial charge in [0, 0.05) is 25.9 Å². The van der Waals surface area contributed by atoms with Crippen LogP contribution in [-0.4, -0.2) is 54.6 Å². The minimum atomic E-state index is -0.739. The first kappa shape index (κ1) is 13.8. The van der Waals surface area contributed by atoms with Crippen molar-refractivity contribution in [3.63, 3.8) is 0 Å². The smallest absolute Gasteiger partial charge is 0.319 e. The Morgan fingerprint density at radius 3 is 2.68 bits per heavy atom. The standard InChI is InChI=1S/C12H19N3O4/c1-14-6-2-3-9(8-14)7-13-12(18)19-15-10(16)4-5-11(15)17/h9H,2-8H2,1H3,(H,13,18). The number of piperidine rings is 1. The number of carbonyl (C=O) groups is 3. The highest BCUT2D eigenvalue weighted by atomic mass is 16.7. The minimum Gasteiger partial charge on any atom is -0.319 e. The molecule has 2 rings (SSSR count). The Kier molecular flexibility index (Phi) is 4.36. The Bertz CT molecular complexity index is 369. The maximum Gasteiger partial charge on any atom is 0.432 e. The monoisotopic (exact) mass is 269 g/mol. The molecule has 7 heteroatoms. The maximum atomic E-state index is 11.5. The number of likely N-dealkylation sites (tertiary alicyclic amines) is 1. The normalized spacial score (nSPS) is 24.7. The van der Waals surface area contributed by atoms with Crippen LogP contribution in [0, 0.1) is 5.92 Å². The summed E-state index contributed by atoms with van der Waals surface area (Å²) in [5, 5.41) is 3.16. The van der Waals surface area contributed by atoms with Gasteiger partial charge in [0.1, 0.15) is 0 Å². The molecule has 106 valence electrons. The summed E-state index contributed by atoms with van der Waals surface area (Å²) in [6, 6.07) is 0. The van der Waals surface area contributed by atoms with E-state index in [1.54, 1.807) is 0 Å². The molecule has 2 heterocycles. The van der Waals surface area contributed by atoms with Crippen molar-refractivity contribution in [1.29, 1.82) is 0 Å². The highest BCUT2D eigenvalue weighted by molar-refractivity contribution is 6.01. The zero-order chi connectivity index (χ0) is 13.8. The van der Waals surface area contributed by atoms with Gasteiger partial charge in [0.05, 0.1) is 0 Å². The lowest BCUT2D eigenvalue weighted by atomic mass is 9.99. The molecule has 19 heavy (non-hydrogen) atoms. The highest BCUT2D eigenvalue weighted by Crippen LogP contribution is 2.14. The van der Waals surface area contributed by atoms with Crippen LogP contribution in [0.25, 0.3) is 0 Å². The summed E-state index contributed by atoms with van der Waals surface area (Å²) in [4.78, 5) is 41.0. The third-order valence-corrected chi connectivity index (χ3v) is 3.44. The van der Waals surface area contributed by atoms with Crippen LogP contribution in [0.2, 0.25) is 0 Å². The first-order chi connectivity index (χ1) is 9.06. The van der Waals surface area contributed by atoms with Gasteiger partial charge in [-0.25, -0.2) is 4.79 Å². The summed E-state index contributed by atoms with van der Waals surface area (Å²) in [5.74, 6) is -0.536. The van der Waals surface area contributed by atoms with E-state index in [9.17, 15) is 14.4 Å². The van der Waals surface area contributed by atoms with Crippen LogP contribution >= 0.6 is 0 Å². The summed E-state index contributed by atoms with van der Waals surface area (Å²) < 4.78 is 0.